The van der Waals surface area contributed by atoms with Gasteiger partial charge in [-0.3, -0.25) is 0 Å². The van der Waals surface area contributed by atoms with Crippen LogP contribution < -0.4 is 5.32 Å². The third-order valence-electron chi connectivity index (χ3n) is 2.86. The maximum atomic E-state index is 13.4. The fraction of sp³-hybridized carbons (Fsp3) is 0.133. The van der Waals surface area contributed by atoms with Crippen LogP contribution in [0.4, 0.5) is 10.1 Å². The Balaban J connectivity index is 0.00000200. The van der Waals surface area contributed by atoms with Crippen LogP contribution in [-0.2, 0) is 4.79 Å². The molecule has 0 bridgehead atoms. The van der Waals surface area contributed by atoms with Gasteiger partial charge in [0.05, 0.1) is 0 Å². The summed E-state index contributed by atoms with van der Waals surface area (Å²) in [7, 11) is 0. The summed E-state index contributed by atoms with van der Waals surface area (Å²) in [6.45, 7) is 1.66. The predicted octanol–water partition coefficient (Wildman–Crippen LogP) is 3.79. The average molecular weight is 296 g/mol. The summed E-state index contributed by atoms with van der Waals surface area (Å²) in [5.74, 6) is -1.37. The molecule has 0 amide bonds. The maximum absolute atomic E-state index is 13.4. The van der Waals surface area contributed by atoms with Crippen molar-refractivity contribution in [3.8, 4) is 0 Å². The van der Waals surface area contributed by atoms with Crippen LogP contribution >= 0.6 is 12.4 Å². The minimum absolute atomic E-state index is 0. The van der Waals surface area contributed by atoms with Crippen LogP contribution in [0.3, 0.4) is 0 Å². The Hall–Kier alpha value is -2.07. The summed E-state index contributed by atoms with van der Waals surface area (Å²) >= 11 is 0. The first-order valence-electron chi connectivity index (χ1n) is 5.88. The maximum Gasteiger partial charge on any atom is 0.330 e. The molecule has 0 saturated carbocycles. The van der Waals surface area contributed by atoms with Crippen LogP contribution in [0.25, 0.3) is 0 Å². The van der Waals surface area contributed by atoms with Crippen LogP contribution in [0.15, 0.2) is 48.5 Å². The van der Waals surface area contributed by atoms with Crippen molar-refractivity contribution in [2.45, 2.75) is 13.0 Å². The van der Waals surface area contributed by atoms with Gasteiger partial charge in [-0.1, -0.05) is 36.4 Å². The molecule has 3 nitrogen and oxygen atoms in total. The molecule has 5 heteroatoms. The van der Waals surface area contributed by atoms with Gasteiger partial charge in [-0.15, -0.1) is 12.4 Å². The Bertz CT molecular complexity index is 590. The molecule has 2 N–H and O–H groups in total. The van der Waals surface area contributed by atoms with Crippen molar-refractivity contribution in [2.75, 3.05) is 5.32 Å². The van der Waals surface area contributed by atoms with E-state index < -0.39 is 12.0 Å². The zero-order valence-corrected chi connectivity index (χ0v) is 11.7. The Labute approximate surface area is 122 Å². The van der Waals surface area contributed by atoms with E-state index in [-0.39, 0.29) is 18.2 Å². The molecule has 0 heterocycles. The Morgan fingerprint density at radius 1 is 1.20 bits per heavy atom. The molecule has 0 aromatic heterocycles. The highest BCUT2D eigenvalue weighted by atomic mass is 35.5. The molecule has 0 fully saturated rings. The van der Waals surface area contributed by atoms with Crippen LogP contribution in [0, 0.1) is 12.7 Å². The standard InChI is InChI=1S/C15H14FNO2.ClH/c1-10-7-8-12(9-13(10)16)17-14(15(18)19)11-5-3-2-4-6-11;/h2-9,14,17H,1H3,(H,18,19);1H. The number of carboxylic acid groups (broad SMARTS) is 1. The topological polar surface area (TPSA) is 49.3 Å². The number of carboxylic acids is 1. The van der Waals surface area contributed by atoms with E-state index in [0.717, 1.165) is 0 Å². The number of hydrogen-bond donors (Lipinski definition) is 2. The fourth-order valence-corrected chi connectivity index (χ4v) is 1.78. The molecule has 0 spiro atoms. The highest BCUT2D eigenvalue weighted by molar-refractivity contribution is 5.85. The summed E-state index contributed by atoms with van der Waals surface area (Å²) in [5.41, 5.74) is 1.59. The first-order chi connectivity index (χ1) is 9.08. The molecule has 1 atom stereocenters. The SMILES string of the molecule is Cc1ccc(NC(C(=O)O)c2ccccc2)cc1F.Cl. The molecule has 1 unspecified atom stereocenters. The number of benzene rings is 2. The van der Waals surface area contributed by atoms with Gasteiger partial charge in [0.1, 0.15) is 5.82 Å². The highest BCUT2D eigenvalue weighted by Crippen LogP contribution is 2.21. The molecular formula is C15H15ClFNO2. The second kappa shape index (κ2) is 6.91. The van der Waals surface area contributed by atoms with Gasteiger partial charge in [-0.2, -0.15) is 0 Å². The molecule has 0 radical (unpaired) electrons. The van der Waals surface area contributed by atoms with Gasteiger partial charge < -0.3 is 10.4 Å². The second-order valence-electron chi connectivity index (χ2n) is 4.29. The third-order valence-corrected chi connectivity index (χ3v) is 2.86. The van der Waals surface area contributed by atoms with E-state index in [0.29, 0.717) is 16.8 Å². The monoisotopic (exact) mass is 295 g/mol. The summed E-state index contributed by atoms with van der Waals surface area (Å²) in [6, 6.07) is 12.5. The van der Waals surface area contributed by atoms with Crippen LogP contribution in [0.2, 0.25) is 0 Å². The van der Waals surface area contributed by atoms with E-state index in [1.165, 1.54) is 6.07 Å². The van der Waals surface area contributed by atoms with E-state index >= 15 is 0 Å². The summed E-state index contributed by atoms with van der Waals surface area (Å²) in [4.78, 5) is 11.3. The number of hydrogen-bond acceptors (Lipinski definition) is 2. The summed E-state index contributed by atoms with van der Waals surface area (Å²) < 4.78 is 13.4. The van der Waals surface area contributed by atoms with E-state index in [2.05, 4.69) is 5.32 Å². The molecule has 106 valence electrons. The molecule has 0 aliphatic carbocycles. The lowest BCUT2D eigenvalue weighted by Crippen LogP contribution is -2.20. The largest absolute Gasteiger partial charge is 0.479 e. The summed E-state index contributed by atoms with van der Waals surface area (Å²) in [5, 5.41) is 12.1. The smallest absolute Gasteiger partial charge is 0.330 e. The van der Waals surface area contributed by atoms with Gasteiger partial charge in [-0.25, -0.2) is 9.18 Å². The Morgan fingerprint density at radius 2 is 1.85 bits per heavy atom. The van der Waals surface area contributed by atoms with Crippen LogP contribution in [0.1, 0.15) is 17.2 Å². The van der Waals surface area contributed by atoms with E-state index in [4.69, 9.17) is 0 Å². The zero-order valence-electron chi connectivity index (χ0n) is 10.8. The van der Waals surface area contributed by atoms with Crippen molar-refractivity contribution in [1.82, 2.24) is 0 Å². The van der Waals surface area contributed by atoms with Crippen molar-refractivity contribution in [1.29, 1.82) is 0 Å². The lowest BCUT2D eigenvalue weighted by molar-refractivity contribution is -0.138. The molecule has 2 aromatic rings. The number of carbonyl (C=O) groups is 1. The summed E-state index contributed by atoms with van der Waals surface area (Å²) in [6.07, 6.45) is 0. The molecule has 0 aliphatic heterocycles. The molecular weight excluding hydrogens is 281 g/mol. The van der Waals surface area contributed by atoms with E-state index in [1.807, 2.05) is 6.07 Å². The zero-order chi connectivity index (χ0) is 13.8. The molecule has 0 aliphatic rings. The highest BCUT2D eigenvalue weighted by Gasteiger charge is 2.19. The van der Waals surface area contributed by atoms with Gasteiger partial charge in [0, 0.05) is 5.69 Å². The Morgan fingerprint density at radius 3 is 2.40 bits per heavy atom. The molecule has 2 aromatic carbocycles. The van der Waals surface area contributed by atoms with Crippen molar-refractivity contribution in [2.24, 2.45) is 0 Å². The van der Waals surface area contributed by atoms with Gasteiger partial charge >= 0.3 is 5.97 Å². The molecule has 0 saturated heterocycles. The first-order valence-corrected chi connectivity index (χ1v) is 5.88. The predicted molar refractivity (Wildman–Crippen MR) is 78.8 cm³/mol. The lowest BCUT2D eigenvalue weighted by Gasteiger charge is -2.16. The minimum Gasteiger partial charge on any atom is -0.479 e. The van der Waals surface area contributed by atoms with Gasteiger partial charge in [-0.05, 0) is 30.2 Å². The average Bonchev–Trinajstić information content (AvgIpc) is 2.40. The van der Waals surface area contributed by atoms with E-state index in [9.17, 15) is 14.3 Å². The molecule has 20 heavy (non-hydrogen) atoms. The second-order valence-corrected chi connectivity index (χ2v) is 4.29. The third kappa shape index (κ3) is 3.71. The van der Waals surface area contributed by atoms with E-state index in [1.54, 1.807) is 43.3 Å². The number of rotatable bonds is 4. The molecule has 2 rings (SSSR count). The van der Waals surface area contributed by atoms with Crippen LogP contribution in [0.5, 0.6) is 0 Å². The fourth-order valence-electron chi connectivity index (χ4n) is 1.78. The lowest BCUT2D eigenvalue weighted by atomic mass is 10.1. The number of anilines is 1. The normalized spacial score (nSPS) is 11.3. The van der Waals surface area contributed by atoms with Crippen molar-refractivity contribution >= 4 is 24.1 Å². The quantitative estimate of drug-likeness (QED) is 0.902. The van der Waals surface area contributed by atoms with Gasteiger partial charge in [0.2, 0.25) is 0 Å². The van der Waals surface area contributed by atoms with Gasteiger partial charge in [0.15, 0.2) is 6.04 Å². The number of halogens is 2. The Kier molecular flexibility index (Phi) is 5.53. The van der Waals surface area contributed by atoms with Gasteiger partial charge in [0.25, 0.3) is 0 Å². The minimum atomic E-state index is -1.01. The van der Waals surface area contributed by atoms with Crippen LogP contribution in [-0.4, -0.2) is 11.1 Å². The number of aryl methyl sites for hydroxylation is 1. The van der Waals surface area contributed by atoms with Crippen molar-refractivity contribution in [3.05, 3.63) is 65.5 Å². The first kappa shape index (κ1) is 16.0. The number of nitrogens with one attached hydrogen (secondary N) is 1. The van der Waals surface area contributed by atoms with Crippen molar-refractivity contribution < 1.29 is 14.3 Å². The number of aliphatic carboxylic acids is 1. The van der Waals surface area contributed by atoms with Crippen molar-refractivity contribution in [3.63, 3.8) is 0 Å².